The lowest BCUT2D eigenvalue weighted by Crippen LogP contribution is -2.19. The van der Waals surface area contributed by atoms with Crippen molar-refractivity contribution in [2.45, 2.75) is 38.1 Å². The zero-order chi connectivity index (χ0) is 13.1. The van der Waals surface area contributed by atoms with Gasteiger partial charge in [-0.25, -0.2) is 9.67 Å². The fraction of sp³-hybridized carbons (Fsp3) is 0.462. The Kier molecular flexibility index (Phi) is 3.59. The lowest BCUT2D eigenvalue weighted by Gasteiger charge is -2.14. The molecule has 5 nitrogen and oxygen atoms in total. The molecule has 1 N–H and O–H groups in total. The van der Waals surface area contributed by atoms with Crippen molar-refractivity contribution < 1.29 is 4.79 Å². The number of rotatable bonds is 4. The van der Waals surface area contributed by atoms with Gasteiger partial charge in [-0.3, -0.25) is 4.79 Å². The minimum absolute atomic E-state index is 0.0364. The predicted octanol–water partition coefficient (Wildman–Crippen LogP) is 2.64. The molecule has 3 rings (SSSR count). The van der Waals surface area contributed by atoms with Crippen LogP contribution in [0.1, 0.15) is 37.4 Å². The number of hydrogen-bond donors (Lipinski definition) is 1. The van der Waals surface area contributed by atoms with Crippen LogP contribution >= 0.6 is 11.3 Å². The van der Waals surface area contributed by atoms with Crippen molar-refractivity contribution in [1.29, 1.82) is 0 Å². The number of aromatic nitrogens is 3. The van der Waals surface area contributed by atoms with Crippen LogP contribution in [0.5, 0.6) is 0 Å². The van der Waals surface area contributed by atoms with Gasteiger partial charge in [0.2, 0.25) is 5.91 Å². The first-order chi connectivity index (χ1) is 9.33. The van der Waals surface area contributed by atoms with E-state index in [1.54, 1.807) is 11.7 Å². The van der Waals surface area contributed by atoms with Gasteiger partial charge in [-0.2, -0.15) is 5.10 Å². The van der Waals surface area contributed by atoms with Crippen LogP contribution in [0.3, 0.4) is 0 Å². The zero-order valence-corrected chi connectivity index (χ0v) is 11.4. The number of thiazole rings is 1. The molecule has 2 aromatic rings. The number of amides is 1. The van der Waals surface area contributed by atoms with Gasteiger partial charge < -0.3 is 5.32 Å². The molecule has 100 valence electrons. The fourth-order valence-corrected chi connectivity index (χ4v) is 3.09. The van der Waals surface area contributed by atoms with E-state index in [1.165, 1.54) is 24.2 Å². The standard InChI is InChI=1S/C13H16N4OS/c18-13(7-10-8-19-9-14-10)16-12-5-6-15-17(12)11-3-1-2-4-11/h5-6,8-9,11H,1-4,7H2,(H,16,18). The Hall–Kier alpha value is -1.69. The molecule has 0 aliphatic heterocycles. The fourth-order valence-electron chi connectivity index (χ4n) is 2.53. The van der Waals surface area contributed by atoms with Crippen LogP contribution in [-0.4, -0.2) is 20.7 Å². The summed E-state index contributed by atoms with van der Waals surface area (Å²) in [6.07, 6.45) is 6.86. The molecule has 0 saturated heterocycles. The summed E-state index contributed by atoms with van der Waals surface area (Å²) in [6, 6.07) is 2.29. The van der Waals surface area contributed by atoms with Crippen LogP contribution in [-0.2, 0) is 11.2 Å². The first-order valence-electron chi connectivity index (χ1n) is 6.53. The average Bonchev–Trinajstić information content (AvgIpc) is 3.09. The molecular weight excluding hydrogens is 260 g/mol. The minimum atomic E-state index is -0.0364. The molecule has 1 aliphatic rings. The molecule has 1 saturated carbocycles. The number of nitrogens with one attached hydrogen (secondary N) is 1. The van der Waals surface area contributed by atoms with Gasteiger partial charge in [0.05, 0.1) is 29.9 Å². The van der Waals surface area contributed by atoms with E-state index in [9.17, 15) is 4.79 Å². The van der Waals surface area contributed by atoms with Crippen molar-refractivity contribution >= 4 is 23.1 Å². The maximum Gasteiger partial charge on any atom is 0.231 e. The summed E-state index contributed by atoms with van der Waals surface area (Å²) in [5.74, 6) is 0.762. The summed E-state index contributed by atoms with van der Waals surface area (Å²) >= 11 is 1.50. The summed E-state index contributed by atoms with van der Waals surface area (Å²) in [5, 5.41) is 9.17. The van der Waals surface area contributed by atoms with Gasteiger partial charge in [0.15, 0.2) is 0 Å². The molecule has 0 radical (unpaired) electrons. The van der Waals surface area contributed by atoms with E-state index in [4.69, 9.17) is 0 Å². The number of carbonyl (C=O) groups is 1. The zero-order valence-electron chi connectivity index (χ0n) is 10.6. The Morgan fingerprint density at radius 2 is 2.32 bits per heavy atom. The Morgan fingerprint density at radius 1 is 1.47 bits per heavy atom. The van der Waals surface area contributed by atoms with E-state index in [1.807, 2.05) is 16.1 Å². The van der Waals surface area contributed by atoms with Gasteiger partial charge >= 0.3 is 0 Å². The number of nitrogens with zero attached hydrogens (tertiary/aromatic N) is 3. The summed E-state index contributed by atoms with van der Waals surface area (Å²) < 4.78 is 1.95. The SMILES string of the molecule is O=C(Cc1cscn1)Nc1ccnn1C1CCCC1. The number of carbonyl (C=O) groups excluding carboxylic acids is 1. The Morgan fingerprint density at radius 3 is 3.05 bits per heavy atom. The predicted molar refractivity (Wildman–Crippen MR) is 74.2 cm³/mol. The van der Waals surface area contributed by atoms with E-state index in [0.29, 0.717) is 12.5 Å². The van der Waals surface area contributed by atoms with Crippen molar-refractivity contribution in [3.63, 3.8) is 0 Å². The maximum atomic E-state index is 12.0. The van der Waals surface area contributed by atoms with Gasteiger partial charge in [-0.1, -0.05) is 12.8 Å². The third-order valence-electron chi connectivity index (χ3n) is 3.43. The molecule has 0 unspecified atom stereocenters. The molecule has 1 aliphatic carbocycles. The molecule has 1 amide bonds. The second kappa shape index (κ2) is 5.52. The normalized spacial score (nSPS) is 15.8. The molecule has 2 heterocycles. The van der Waals surface area contributed by atoms with Crippen LogP contribution in [0.4, 0.5) is 5.82 Å². The van der Waals surface area contributed by atoms with Crippen molar-refractivity contribution in [2.24, 2.45) is 0 Å². The van der Waals surface area contributed by atoms with E-state index in [2.05, 4.69) is 15.4 Å². The van der Waals surface area contributed by atoms with E-state index >= 15 is 0 Å². The molecule has 1 fully saturated rings. The number of hydrogen-bond acceptors (Lipinski definition) is 4. The highest BCUT2D eigenvalue weighted by Gasteiger charge is 2.20. The van der Waals surface area contributed by atoms with Crippen LogP contribution < -0.4 is 5.32 Å². The van der Waals surface area contributed by atoms with Crippen molar-refractivity contribution in [1.82, 2.24) is 14.8 Å². The summed E-state index contributed by atoms with van der Waals surface area (Å²) in [7, 11) is 0. The van der Waals surface area contributed by atoms with Gasteiger partial charge in [-0.15, -0.1) is 11.3 Å². The second-order valence-corrected chi connectivity index (χ2v) is 5.52. The van der Waals surface area contributed by atoms with Crippen LogP contribution in [0.15, 0.2) is 23.2 Å². The summed E-state index contributed by atoms with van der Waals surface area (Å²) in [4.78, 5) is 16.1. The van der Waals surface area contributed by atoms with E-state index in [-0.39, 0.29) is 5.91 Å². The maximum absolute atomic E-state index is 12.0. The Bertz CT molecular complexity index is 543. The molecule has 6 heteroatoms. The highest BCUT2D eigenvalue weighted by molar-refractivity contribution is 7.07. The monoisotopic (exact) mass is 276 g/mol. The van der Waals surface area contributed by atoms with Crippen LogP contribution in [0, 0.1) is 0 Å². The quantitative estimate of drug-likeness (QED) is 0.934. The third-order valence-corrected chi connectivity index (χ3v) is 4.07. The van der Waals surface area contributed by atoms with Gasteiger partial charge in [0, 0.05) is 11.4 Å². The second-order valence-electron chi connectivity index (χ2n) is 4.80. The topological polar surface area (TPSA) is 59.8 Å². The van der Waals surface area contributed by atoms with Crippen molar-refractivity contribution in [2.75, 3.05) is 5.32 Å². The van der Waals surface area contributed by atoms with E-state index in [0.717, 1.165) is 24.4 Å². The minimum Gasteiger partial charge on any atom is -0.311 e. The lowest BCUT2D eigenvalue weighted by atomic mass is 10.2. The molecule has 0 spiro atoms. The van der Waals surface area contributed by atoms with Crippen LogP contribution in [0.25, 0.3) is 0 Å². The molecule has 2 aromatic heterocycles. The van der Waals surface area contributed by atoms with Crippen LogP contribution in [0.2, 0.25) is 0 Å². The number of anilines is 1. The van der Waals surface area contributed by atoms with Gasteiger partial charge in [0.1, 0.15) is 5.82 Å². The van der Waals surface area contributed by atoms with Crippen molar-refractivity contribution in [3.05, 3.63) is 28.8 Å². The van der Waals surface area contributed by atoms with E-state index < -0.39 is 0 Å². The first-order valence-corrected chi connectivity index (χ1v) is 7.47. The molecule has 19 heavy (non-hydrogen) atoms. The molecular formula is C13H16N4OS. The third kappa shape index (κ3) is 2.84. The Balaban J connectivity index is 1.66. The molecule has 0 bridgehead atoms. The summed E-state index contributed by atoms with van der Waals surface area (Å²) in [5.41, 5.74) is 2.56. The van der Waals surface area contributed by atoms with Crippen molar-refractivity contribution in [3.8, 4) is 0 Å². The molecule has 0 atom stereocenters. The van der Waals surface area contributed by atoms with Gasteiger partial charge in [-0.05, 0) is 12.8 Å². The highest BCUT2D eigenvalue weighted by Crippen LogP contribution is 2.31. The highest BCUT2D eigenvalue weighted by atomic mass is 32.1. The first kappa shape index (κ1) is 12.3. The smallest absolute Gasteiger partial charge is 0.231 e. The molecule has 0 aromatic carbocycles. The van der Waals surface area contributed by atoms with Gasteiger partial charge in [0.25, 0.3) is 0 Å². The largest absolute Gasteiger partial charge is 0.311 e. The Labute approximate surface area is 115 Å². The summed E-state index contributed by atoms with van der Waals surface area (Å²) in [6.45, 7) is 0. The lowest BCUT2D eigenvalue weighted by molar-refractivity contribution is -0.115. The average molecular weight is 276 g/mol.